The first-order chi connectivity index (χ1) is 9.76. The van der Waals surface area contributed by atoms with Crippen LogP contribution in [-0.2, 0) is 0 Å². The maximum atomic E-state index is 6.09. The van der Waals surface area contributed by atoms with Gasteiger partial charge in [0, 0.05) is 18.2 Å². The fourth-order valence-corrected chi connectivity index (χ4v) is 3.02. The molecule has 0 spiro atoms. The minimum Gasteiger partial charge on any atom is -0.496 e. The highest BCUT2D eigenvalue weighted by molar-refractivity contribution is 5.88. The van der Waals surface area contributed by atoms with Crippen molar-refractivity contribution < 1.29 is 4.74 Å². The summed E-state index contributed by atoms with van der Waals surface area (Å²) in [4.78, 5) is 2.41. The summed E-state index contributed by atoms with van der Waals surface area (Å²) in [5.74, 6) is 0.937. The molecule has 0 aliphatic heterocycles. The summed E-state index contributed by atoms with van der Waals surface area (Å²) in [5, 5.41) is 2.49. The number of benzene rings is 2. The van der Waals surface area contributed by atoms with Gasteiger partial charge in [0.1, 0.15) is 5.75 Å². The first kappa shape index (κ1) is 13.4. The molecule has 0 radical (unpaired) electrons. The molecule has 2 aromatic carbocycles. The van der Waals surface area contributed by atoms with E-state index in [1.54, 1.807) is 7.11 Å². The van der Waals surface area contributed by atoms with Crippen LogP contribution in [0.3, 0.4) is 0 Å². The molecule has 3 heteroatoms. The van der Waals surface area contributed by atoms with Crippen molar-refractivity contribution in [1.82, 2.24) is 4.90 Å². The molecule has 0 heterocycles. The van der Waals surface area contributed by atoms with Crippen molar-refractivity contribution in [3.8, 4) is 5.75 Å². The molecule has 0 bridgehead atoms. The number of likely N-dealkylation sites (N-methyl/N-ethyl adjacent to an activating group) is 1. The molecular formula is C17H22N2O. The topological polar surface area (TPSA) is 38.5 Å². The molecule has 1 atom stereocenters. The average Bonchev–Trinajstić information content (AvgIpc) is 3.32. The number of hydrogen-bond donors (Lipinski definition) is 1. The Hall–Kier alpha value is -1.58. The van der Waals surface area contributed by atoms with Gasteiger partial charge in [-0.3, -0.25) is 4.90 Å². The lowest BCUT2D eigenvalue weighted by Crippen LogP contribution is -2.32. The standard InChI is InChI=1S/C17H22N2O/c1-19(13-8-9-13)15(11-18)17-14-6-4-3-5-12(14)7-10-16(17)20-2/h3-7,10,13,15H,8-9,11,18H2,1-2H3. The molecule has 1 aliphatic rings. The van der Waals surface area contributed by atoms with Gasteiger partial charge in [0.2, 0.25) is 0 Å². The molecule has 0 aromatic heterocycles. The lowest BCUT2D eigenvalue weighted by atomic mass is 9.96. The van der Waals surface area contributed by atoms with Crippen LogP contribution in [0.2, 0.25) is 0 Å². The number of nitrogens with two attached hydrogens (primary N) is 1. The second-order valence-electron chi connectivity index (χ2n) is 5.55. The summed E-state index contributed by atoms with van der Waals surface area (Å²) in [7, 11) is 3.91. The number of methoxy groups -OCH3 is 1. The third-order valence-electron chi connectivity index (χ3n) is 4.32. The minimum absolute atomic E-state index is 0.212. The first-order valence-electron chi connectivity index (χ1n) is 7.24. The van der Waals surface area contributed by atoms with E-state index in [2.05, 4.69) is 48.3 Å². The lowest BCUT2D eigenvalue weighted by Gasteiger charge is -2.29. The molecule has 2 aromatic rings. The van der Waals surface area contributed by atoms with Crippen LogP contribution in [0.1, 0.15) is 24.4 Å². The number of rotatable bonds is 5. The van der Waals surface area contributed by atoms with Gasteiger partial charge in [-0.15, -0.1) is 0 Å². The Morgan fingerprint density at radius 1 is 1.25 bits per heavy atom. The van der Waals surface area contributed by atoms with E-state index in [0.29, 0.717) is 12.6 Å². The van der Waals surface area contributed by atoms with E-state index in [4.69, 9.17) is 10.5 Å². The fourth-order valence-electron chi connectivity index (χ4n) is 3.02. The van der Waals surface area contributed by atoms with Crippen molar-refractivity contribution in [2.45, 2.75) is 24.9 Å². The first-order valence-corrected chi connectivity index (χ1v) is 7.24. The Labute approximate surface area is 120 Å². The Morgan fingerprint density at radius 2 is 2.00 bits per heavy atom. The van der Waals surface area contributed by atoms with Crippen LogP contribution in [0.25, 0.3) is 10.8 Å². The van der Waals surface area contributed by atoms with Gasteiger partial charge >= 0.3 is 0 Å². The molecule has 3 nitrogen and oxygen atoms in total. The summed E-state index contributed by atoms with van der Waals surface area (Å²) in [5.41, 5.74) is 7.31. The van der Waals surface area contributed by atoms with E-state index in [-0.39, 0.29) is 6.04 Å². The quantitative estimate of drug-likeness (QED) is 0.908. The maximum Gasteiger partial charge on any atom is 0.124 e. The zero-order valence-electron chi connectivity index (χ0n) is 12.2. The Kier molecular flexibility index (Phi) is 3.64. The SMILES string of the molecule is COc1ccc2ccccc2c1C(CN)N(C)C1CC1. The summed E-state index contributed by atoms with van der Waals surface area (Å²) in [6.45, 7) is 0.608. The molecule has 106 valence electrons. The predicted molar refractivity (Wildman–Crippen MR) is 83.1 cm³/mol. The molecule has 1 saturated carbocycles. The van der Waals surface area contributed by atoms with Crippen LogP contribution in [0.5, 0.6) is 5.75 Å². The van der Waals surface area contributed by atoms with Crippen molar-refractivity contribution in [2.75, 3.05) is 20.7 Å². The third-order valence-corrected chi connectivity index (χ3v) is 4.32. The van der Waals surface area contributed by atoms with E-state index in [1.165, 1.54) is 29.2 Å². The lowest BCUT2D eigenvalue weighted by molar-refractivity contribution is 0.236. The van der Waals surface area contributed by atoms with Gasteiger partial charge in [0.15, 0.2) is 0 Å². The maximum absolute atomic E-state index is 6.09. The van der Waals surface area contributed by atoms with Gasteiger partial charge in [0.05, 0.1) is 13.2 Å². The van der Waals surface area contributed by atoms with E-state index >= 15 is 0 Å². The number of fused-ring (bicyclic) bond motifs is 1. The highest BCUT2D eigenvalue weighted by Crippen LogP contribution is 2.39. The van der Waals surface area contributed by atoms with E-state index in [9.17, 15) is 0 Å². The monoisotopic (exact) mass is 270 g/mol. The third kappa shape index (κ3) is 2.28. The van der Waals surface area contributed by atoms with Crippen molar-refractivity contribution in [3.63, 3.8) is 0 Å². The van der Waals surface area contributed by atoms with Crippen LogP contribution in [0.4, 0.5) is 0 Å². The molecular weight excluding hydrogens is 248 g/mol. The summed E-state index contributed by atoms with van der Waals surface area (Å²) < 4.78 is 5.60. The van der Waals surface area contributed by atoms with Gasteiger partial charge < -0.3 is 10.5 Å². The van der Waals surface area contributed by atoms with Gasteiger partial charge in [0.25, 0.3) is 0 Å². The smallest absolute Gasteiger partial charge is 0.124 e. The fraction of sp³-hybridized carbons (Fsp3) is 0.412. The van der Waals surface area contributed by atoms with Gasteiger partial charge in [-0.25, -0.2) is 0 Å². The molecule has 1 unspecified atom stereocenters. The highest BCUT2D eigenvalue weighted by atomic mass is 16.5. The molecule has 0 saturated heterocycles. The van der Waals surface area contributed by atoms with Gasteiger partial charge in [-0.05, 0) is 36.7 Å². The van der Waals surface area contributed by atoms with Crippen molar-refractivity contribution in [2.24, 2.45) is 5.73 Å². The molecule has 1 fully saturated rings. The van der Waals surface area contributed by atoms with E-state index in [0.717, 1.165) is 5.75 Å². The summed E-state index contributed by atoms with van der Waals surface area (Å²) in [6, 6.07) is 13.5. The summed E-state index contributed by atoms with van der Waals surface area (Å²) in [6.07, 6.45) is 2.56. The zero-order chi connectivity index (χ0) is 14.1. The van der Waals surface area contributed by atoms with Crippen LogP contribution in [0.15, 0.2) is 36.4 Å². The molecule has 2 N–H and O–H groups in total. The van der Waals surface area contributed by atoms with E-state index < -0.39 is 0 Å². The largest absolute Gasteiger partial charge is 0.496 e. The van der Waals surface area contributed by atoms with Gasteiger partial charge in [-0.1, -0.05) is 30.3 Å². The van der Waals surface area contributed by atoms with Crippen LogP contribution in [0, 0.1) is 0 Å². The summed E-state index contributed by atoms with van der Waals surface area (Å²) >= 11 is 0. The Balaban J connectivity index is 2.15. The second kappa shape index (κ2) is 5.43. The van der Waals surface area contributed by atoms with Crippen molar-refractivity contribution >= 4 is 10.8 Å². The normalized spacial score (nSPS) is 16.6. The predicted octanol–water partition coefficient (Wildman–Crippen LogP) is 2.94. The Morgan fingerprint density at radius 3 is 2.65 bits per heavy atom. The van der Waals surface area contributed by atoms with E-state index in [1.807, 2.05) is 0 Å². The number of nitrogens with zero attached hydrogens (tertiary/aromatic N) is 1. The highest BCUT2D eigenvalue weighted by Gasteiger charge is 2.33. The van der Waals surface area contributed by atoms with Crippen molar-refractivity contribution in [1.29, 1.82) is 0 Å². The minimum atomic E-state index is 0.212. The molecule has 0 amide bonds. The number of hydrogen-bond acceptors (Lipinski definition) is 3. The second-order valence-corrected chi connectivity index (χ2v) is 5.55. The zero-order valence-corrected chi connectivity index (χ0v) is 12.2. The molecule has 20 heavy (non-hydrogen) atoms. The van der Waals surface area contributed by atoms with Crippen molar-refractivity contribution in [3.05, 3.63) is 42.0 Å². The van der Waals surface area contributed by atoms with Gasteiger partial charge in [-0.2, -0.15) is 0 Å². The van der Waals surface area contributed by atoms with Crippen LogP contribution in [-0.4, -0.2) is 31.6 Å². The van der Waals surface area contributed by atoms with Crippen LogP contribution < -0.4 is 10.5 Å². The number of ether oxygens (including phenoxy) is 1. The average molecular weight is 270 g/mol. The molecule has 3 rings (SSSR count). The van der Waals surface area contributed by atoms with Crippen LogP contribution >= 0.6 is 0 Å². The Bertz CT molecular complexity index is 607. The molecule has 1 aliphatic carbocycles.